The number of furan rings is 1. The molecule has 0 aliphatic carbocycles. The zero-order valence-corrected chi connectivity index (χ0v) is 16.7. The van der Waals surface area contributed by atoms with Crippen molar-refractivity contribution in [2.75, 3.05) is 31.5 Å². The molecule has 30 heavy (non-hydrogen) atoms. The van der Waals surface area contributed by atoms with Gasteiger partial charge in [0.2, 0.25) is 5.76 Å². The number of methoxy groups -OCH3 is 2. The zero-order valence-electron chi connectivity index (χ0n) is 16.7. The second kappa shape index (κ2) is 8.46. The molecule has 1 saturated heterocycles. The Bertz CT molecular complexity index is 1080. The summed E-state index contributed by atoms with van der Waals surface area (Å²) in [5.74, 6) is 0.244. The van der Waals surface area contributed by atoms with E-state index in [-0.39, 0.29) is 11.7 Å². The van der Waals surface area contributed by atoms with Gasteiger partial charge >= 0.3 is 0 Å². The predicted octanol–water partition coefficient (Wildman–Crippen LogP) is 3.82. The monoisotopic (exact) mass is 410 g/mol. The number of rotatable bonds is 6. The van der Waals surface area contributed by atoms with Gasteiger partial charge in [-0.15, -0.1) is 0 Å². The molecule has 0 saturated carbocycles. The number of nitrogens with one attached hydrogen (secondary N) is 2. The van der Waals surface area contributed by atoms with E-state index < -0.39 is 12.0 Å². The smallest absolute Gasteiger partial charge is 0.293 e. The molecule has 0 bridgehead atoms. The number of carbonyl (C=O) groups is 2. The summed E-state index contributed by atoms with van der Waals surface area (Å²) in [6.07, 6.45) is 0.950. The first kappa shape index (κ1) is 19.8. The number of carbonyl (C=O) groups excluding carboxylic acids is 2. The highest BCUT2D eigenvalue weighted by atomic mass is 16.5. The zero-order chi connectivity index (χ0) is 21.1. The lowest BCUT2D eigenvalue weighted by molar-refractivity contribution is -0.124. The molecular weight excluding hydrogens is 388 g/mol. The van der Waals surface area contributed by atoms with Crippen LogP contribution in [0.4, 0.5) is 11.4 Å². The molecular formula is C22H22N2O6. The van der Waals surface area contributed by atoms with E-state index in [0.717, 1.165) is 6.42 Å². The highest BCUT2D eigenvalue weighted by molar-refractivity contribution is 6.15. The Balaban J connectivity index is 1.64. The third kappa shape index (κ3) is 3.81. The fourth-order valence-electron chi connectivity index (χ4n) is 3.42. The highest BCUT2D eigenvalue weighted by Crippen LogP contribution is 2.33. The summed E-state index contributed by atoms with van der Waals surface area (Å²) < 4.78 is 21.7. The van der Waals surface area contributed by atoms with Gasteiger partial charge in [0.25, 0.3) is 11.8 Å². The maximum Gasteiger partial charge on any atom is 0.293 e. The average molecular weight is 410 g/mol. The minimum absolute atomic E-state index is 0.0114. The van der Waals surface area contributed by atoms with Crippen LogP contribution in [0.25, 0.3) is 11.0 Å². The number of benzene rings is 2. The molecule has 8 nitrogen and oxygen atoms in total. The molecule has 2 heterocycles. The molecule has 3 aromatic rings. The summed E-state index contributed by atoms with van der Waals surface area (Å²) in [5.41, 5.74) is 1.32. The molecule has 8 heteroatoms. The topological polar surface area (TPSA) is 99.0 Å². The lowest BCUT2D eigenvalue weighted by Gasteiger charge is -2.12. The van der Waals surface area contributed by atoms with Gasteiger partial charge in [0.15, 0.2) is 11.5 Å². The van der Waals surface area contributed by atoms with Crippen LogP contribution in [-0.4, -0.2) is 38.7 Å². The predicted molar refractivity (Wildman–Crippen MR) is 111 cm³/mol. The van der Waals surface area contributed by atoms with Crippen LogP contribution in [0.1, 0.15) is 23.4 Å². The molecule has 1 aliphatic heterocycles. The quantitative estimate of drug-likeness (QED) is 0.641. The summed E-state index contributed by atoms with van der Waals surface area (Å²) in [6.45, 7) is 0.552. The normalized spacial score (nSPS) is 15.7. The van der Waals surface area contributed by atoms with E-state index in [1.807, 2.05) is 6.07 Å². The van der Waals surface area contributed by atoms with E-state index in [1.165, 1.54) is 14.2 Å². The van der Waals surface area contributed by atoms with Crippen LogP contribution in [-0.2, 0) is 9.53 Å². The van der Waals surface area contributed by atoms with Crippen molar-refractivity contribution in [2.24, 2.45) is 0 Å². The fraction of sp³-hybridized carbons (Fsp3) is 0.273. The van der Waals surface area contributed by atoms with Crippen molar-refractivity contribution in [3.63, 3.8) is 0 Å². The Kier molecular flexibility index (Phi) is 5.58. The summed E-state index contributed by atoms with van der Waals surface area (Å²) in [5, 5.41) is 6.24. The van der Waals surface area contributed by atoms with E-state index in [1.54, 1.807) is 36.4 Å². The SMILES string of the molecule is COc1ccc(NC(=O)c2oc3ccccc3c2NC(=O)[C@H]2CCCO2)cc1OC. The van der Waals surface area contributed by atoms with Gasteiger partial charge in [0.1, 0.15) is 17.4 Å². The molecule has 0 spiro atoms. The van der Waals surface area contributed by atoms with Crippen molar-refractivity contribution in [3.8, 4) is 11.5 Å². The Morgan fingerprint density at radius 2 is 1.83 bits per heavy atom. The van der Waals surface area contributed by atoms with Crippen molar-refractivity contribution in [3.05, 3.63) is 48.2 Å². The molecule has 2 N–H and O–H groups in total. The van der Waals surface area contributed by atoms with Crippen molar-refractivity contribution in [1.82, 2.24) is 0 Å². The van der Waals surface area contributed by atoms with Gasteiger partial charge in [-0.1, -0.05) is 12.1 Å². The van der Waals surface area contributed by atoms with Gasteiger partial charge < -0.3 is 29.3 Å². The Hall–Kier alpha value is -3.52. The van der Waals surface area contributed by atoms with E-state index in [4.69, 9.17) is 18.6 Å². The first-order valence-corrected chi connectivity index (χ1v) is 9.58. The molecule has 1 atom stereocenters. The van der Waals surface area contributed by atoms with Gasteiger partial charge in [-0.25, -0.2) is 0 Å². The number of ether oxygens (including phenoxy) is 3. The van der Waals surface area contributed by atoms with E-state index in [9.17, 15) is 9.59 Å². The Morgan fingerprint density at radius 1 is 1.03 bits per heavy atom. The molecule has 0 radical (unpaired) electrons. The minimum atomic E-state index is -0.527. The number of hydrogen-bond donors (Lipinski definition) is 2. The first-order chi connectivity index (χ1) is 14.6. The second-order valence-electron chi connectivity index (χ2n) is 6.82. The molecule has 1 fully saturated rings. The first-order valence-electron chi connectivity index (χ1n) is 9.58. The lowest BCUT2D eigenvalue weighted by atomic mass is 10.2. The molecule has 2 aromatic carbocycles. The van der Waals surface area contributed by atoms with Gasteiger partial charge in [-0.2, -0.15) is 0 Å². The fourth-order valence-corrected chi connectivity index (χ4v) is 3.42. The van der Waals surface area contributed by atoms with Crippen molar-refractivity contribution >= 4 is 34.2 Å². The minimum Gasteiger partial charge on any atom is -0.493 e. The van der Waals surface area contributed by atoms with Gasteiger partial charge in [0.05, 0.1) is 14.2 Å². The number of hydrogen-bond acceptors (Lipinski definition) is 6. The summed E-state index contributed by atoms with van der Waals surface area (Å²) >= 11 is 0. The number of anilines is 2. The molecule has 4 rings (SSSR count). The van der Waals surface area contributed by atoms with Gasteiger partial charge in [-0.05, 0) is 37.1 Å². The standard InChI is InChI=1S/C22H22N2O6/c1-27-16-10-9-13(12-18(16)28-2)23-22(26)20-19(14-6-3-4-7-15(14)30-20)24-21(25)17-8-5-11-29-17/h3-4,6-7,9-10,12,17H,5,8,11H2,1-2H3,(H,23,26)(H,24,25)/t17-/m1/s1. The van der Waals surface area contributed by atoms with Crippen LogP contribution in [0.15, 0.2) is 46.9 Å². The van der Waals surface area contributed by atoms with Crippen LogP contribution in [0.3, 0.4) is 0 Å². The summed E-state index contributed by atoms with van der Waals surface area (Å²) in [7, 11) is 3.05. The Labute approximate surface area is 173 Å². The third-order valence-electron chi connectivity index (χ3n) is 4.91. The average Bonchev–Trinajstić information content (AvgIpc) is 3.42. The molecule has 156 valence electrons. The molecule has 1 aliphatic rings. The van der Waals surface area contributed by atoms with E-state index in [2.05, 4.69) is 10.6 Å². The summed E-state index contributed by atoms with van der Waals surface area (Å²) in [4.78, 5) is 25.6. The van der Waals surface area contributed by atoms with Crippen LogP contribution >= 0.6 is 0 Å². The second-order valence-corrected chi connectivity index (χ2v) is 6.82. The number of amides is 2. The van der Waals surface area contributed by atoms with Crippen molar-refractivity contribution in [1.29, 1.82) is 0 Å². The maximum atomic E-state index is 13.0. The maximum absolute atomic E-state index is 13.0. The largest absolute Gasteiger partial charge is 0.493 e. The van der Waals surface area contributed by atoms with Gasteiger partial charge in [-0.3, -0.25) is 9.59 Å². The highest BCUT2D eigenvalue weighted by Gasteiger charge is 2.28. The van der Waals surface area contributed by atoms with Crippen LogP contribution in [0.2, 0.25) is 0 Å². The number of para-hydroxylation sites is 1. The van der Waals surface area contributed by atoms with E-state index in [0.29, 0.717) is 46.9 Å². The number of fused-ring (bicyclic) bond motifs is 1. The van der Waals surface area contributed by atoms with Crippen molar-refractivity contribution < 1.29 is 28.2 Å². The van der Waals surface area contributed by atoms with Gasteiger partial charge in [0, 0.05) is 23.7 Å². The van der Waals surface area contributed by atoms with Crippen LogP contribution in [0, 0.1) is 0 Å². The lowest BCUT2D eigenvalue weighted by Crippen LogP contribution is -2.27. The molecule has 0 unspecified atom stereocenters. The molecule has 2 amide bonds. The van der Waals surface area contributed by atoms with Crippen molar-refractivity contribution in [2.45, 2.75) is 18.9 Å². The Morgan fingerprint density at radius 3 is 2.57 bits per heavy atom. The van der Waals surface area contributed by atoms with E-state index >= 15 is 0 Å². The van der Waals surface area contributed by atoms with Crippen LogP contribution in [0.5, 0.6) is 11.5 Å². The summed E-state index contributed by atoms with van der Waals surface area (Å²) in [6, 6.07) is 12.2. The molecule has 1 aromatic heterocycles. The third-order valence-corrected chi connectivity index (χ3v) is 4.91. The van der Waals surface area contributed by atoms with Crippen LogP contribution < -0.4 is 20.1 Å².